The predicted octanol–water partition coefficient (Wildman–Crippen LogP) is 2.74. The number of halogens is 1. The molecular formula is C21H26FN5O2. The number of hydrogen-bond acceptors (Lipinski definition) is 6. The second-order valence-electron chi connectivity index (χ2n) is 7.85. The maximum absolute atomic E-state index is 14.2. The first-order valence-electron chi connectivity index (χ1n) is 9.73. The van der Waals surface area contributed by atoms with Gasteiger partial charge in [0, 0.05) is 24.4 Å². The lowest BCUT2D eigenvalue weighted by atomic mass is 9.99. The molecule has 8 heteroatoms. The summed E-state index contributed by atoms with van der Waals surface area (Å²) in [6.45, 7) is 4.68. The number of aliphatic hydroxyl groups is 1. The van der Waals surface area contributed by atoms with Crippen LogP contribution in [0.1, 0.15) is 25.8 Å². The zero-order valence-electron chi connectivity index (χ0n) is 16.8. The van der Waals surface area contributed by atoms with Crippen molar-refractivity contribution < 1.29 is 14.2 Å². The number of methoxy groups -OCH3 is 1. The smallest absolute Gasteiger partial charge is 0.140 e. The van der Waals surface area contributed by atoms with E-state index in [1.807, 2.05) is 28.8 Å². The average Bonchev–Trinajstić information content (AvgIpc) is 3.11. The summed E-state index contributed by atoms with van der Waals surface area (Å²) in [7, 11) is 1.57. The van der Waals surface area contributed by atoms with Crippen LogP contribution in [0.15, 0.2) is 36.7 Å². The number of imidazole rings is 1. The van der Waals surface area contributed by atoms with Gasteiger partial charge in [0.2, 0.25) is 0 Å². The molecule has 0 aliphatic carbocycles. The average molecular weight is 399 g/mol. The molecule has 0 spiro atoms. The summed E-state index contributed by atoms with van der Waals surface area (Å²) >= 11 is 0. The monoisotopic (exact) mass is 399 g/mol. The summed E-state index contributed by atoms with van der Waals surface area (Å²) in [6.07, 6.45) is 3.14. The lowest BCUT2D eigenvalue weighted by Crippen LogP contribution is -2.46. The van der Waals surface area contributed by atoms with Crippen LogP contribution in [0.2, 0.25) is 0 Å². The zero-order valence-corrected chi connectivity index (χ0v) is 16.8. The number of pyridine rings is 2. The molecule has 29 heavy (non-hydrogen) atoms. The summed E-state index contributed by atoms with van der Waals surface area (Å²) in [5, 5.41) is 16.9. The fraction of sp³-hybridized carbons (Fsp3) is 0.429. The highest BCUT2D eigenvalue weighted by molar-refractivity contribution is 5.64. The Labute approximate surface area is 168 Å². The standard InChI is InChI=1S/C21H26FN5O2/c1-21(2,28)13-12-27-17(11-24-20(27)9-18(13)29-3)15-5-4-6-19(25-15)26-16-10-23-8-7-14(16)22/h4-6,9,11-12,14,16,23,28H,7-8,10H2,1-3H3,(H,25,26). The second kappa shape index (κ2) is 7.61. The SMILES string of the molecule is COc1cc2ncc(-c3cccc(NC4CNCCC4F)n3)n2cc1C(C)(C)O. The number of hydrogen-bond donors (Lipinski definition) is 3. The molecule has 2 unspecified atom stereocenters. The van der Waals surface area contributed by atoms with Crippen LogP contribution in [0.5, 0.6) is 5.75 Å². The first-order valence-corrected chi connectivity index (χ1v) is 9.73. The van der Waals surface area contributed by atoms with E-state index < -0.39 is 11.8 Å². The zero-order chi connectivity index (χ0) is 20.6. The van der Waals surface area contributed by atoms with E-state index >= 15 is 0 Å². The van der Waals surface area contributed by atoms with Gasteiger partial charge in [-0.1, -0.05) is 6.07 Å². The summed E-state index contributed by atoms with van der Waals surface area (Å²) in [5.41, 5.74) is 1.73. The quantitative estimate of drug-likeness (QED) is 0.612. The third kappa shape index (κ3) is 3.90. The minimum absolute atomic E-state index is 0.306. The van der Waals surface area contributed by atoms with E-state index in [4.69, 9.17) is 4.74 Å². The van der Waals surface area contributed by atoms with E-state index in [2.05, 4.69) is 20.6 Å². The third-order valence-corrected chi connectivity index (χ3v) is 5.23. The molecule has 1 fully saturated rings. The summed E-state index contributed by atoms with van der Waals surface area (Å²) < 4.78 is 21.5. The van der Waals surface area contributed by atoms with Crippen LogP contribution in [0, 0.1) is 0 Å². The van der Waals surface area contributed by atoms with E-state index in [-0.39, 0.29) is 6.04 Å². The van der Waals surface area contributed by atoms with Gasteiger partial charge in [-0.15, -0.1) is 0 Å². The van der Waals surface area contributed by atoms with E-state index in [0.717, 1.165) is 5.69 Å². The topological polar surface area (TPSA) is 83.7 Å². The number of alkyl halides is 1. The molecule has 4 heterocycles. The molecule has 1 aliphatic rings. The fourth-order valence-electron chi connectivity index (χ4n) is 3.64. The maximum Gasteiger partial charge on any atom is 0.140 e. The third-order valence-electron chi connectivity index (χ3n) is 5.23. The van der Waals surface area contributed by atoms with Gasteiger partial charge in [-0.2, -0.15) is 0 Å². The van der Waals surface area contributed by atoms with Gasteiger partial charge in [-0.3, -0.25) is 4.40 Å². The highest BCUT2D eigenvalue weighted by Gasteiger charge is 2.25. The van der Waals surface area contributed by atoms with Crippen LogP contribution < -0.4 is 15.4 Å². The lowest BCUT2D eigenvalue weighted by Gasteiger charge is -2.28. The Morgan fingerprint density at radius 2 is 2.21 bits per heavy atom. The number of anilines is 1. The van der Waals surface area contributed by atoms with Crippen LogP contribution >= 0.6 is 0 Å². The molecule has 0 amide bonds. The number of aromatic nitrogens is 3. The predicted molar refractivity (Wildman–Crippen MR) is 110 cm³/mol. The van der Waals surface area contributed by atoms with E-state index in [1.54, 1.807) is 33.2 Å². The number of nitrogens with one attached hydrogen (secondary N) is 2. The van der Waals surface area contributed by atoms with Crippen molar-refractivity contribution in [3.8, 4) is 17.1 Å². The molecule has 0 aromatic carbocycles. The molecule has 154 valence electrons. The first-order chi connectivity index (χ1) is 13.9. The molecule has 2 atom stereocenters. The molecule has 3 aromatic heterocycles. The molecule has 1 aliphatic heterocycles. The van der Waals surface area contributed by atoms with Crippen LogP contribution in [-0.4, -0.2) is 51.9 Å². The number of nitrogens with zero attached hydrogens (tertiary/aromatic N) is 3. The number of ether oxygens (including phenoxy) is 1. The van der Waals surface area contributed by atoms with Gasteiger partial charge < -0.3 is 20.5 Å². The Morgan fingerprint density at radius 1 is 1.38 bits per heavy atom. The van der Waals surface area contributed by atoms with Gasteiger partial charge in [-0.05, 0) is 38.9 Å². The molecule has 0 radical (unpaired) electrons. The van der Waals surface area contributed by atoms with Crippen LogP contribution in [0.4, 0.5) is 10.2 Å². The van der Waals surface area contributed by atoms with Gasteiger partial charge in [-0.25, -0.2) is 14.4 Å². The Hall–Kier alpha value is -2.71. The summed E-state index contributed by atoms with van der Waals surface area (Å²) in [6, 6.07) is 7.09. The number of piperidine rings is 1. The van der Waals surface area contributed by atoms with Crippen LogP contribution in [0.3, 0.4) is 0 Å². The largest absolute Gasteiger partial charge is 0.496 e. The Kier molecular flexibility index (Phi) is 5.14. The van der Waals surface area contributed by atoms with E-state index in [9.17, 15) is 9.50 Å². The van der Waals surface area contributed by atoms with Gasteiger partial charge >= 0.3 is 0 Å². The molecule has 0 bridgehead atoms. The fourth-order valence-corrected chi connectivity index (χ4v) is 3.64. The minimum atomic E-state index is -1.08. The van der Waals surface area contributed by atoms with Crippen molar-refractivity contribution in [3.63, 3.8) is 0 Å². The van der Waals surface area contributed by atoms with Crippen molar-refractivity contribution in [2.45, 2.75) is 38.1 Å². The van der Waals surface area contributed by atoms with Crippen molar-refractivity contribution in [2.24, 2.45) is 0 Å². The molecule has 3 aromatic rings. The molecule has 7 nitrogen and oxygen atoms in total. The molecule has 0 saturated carbocycles. The Balaban J connectivity index is 1.71. The molecule has 4 rings (SSSR count). The Bertz CT molecular complexity index is 1010. The van der Waals surface area contributed by atoms with Crippen LogP contribution in [-0.2, 0) is 5.60 Å². The second-order valence-corrected chi connectivity index (χ2v) is 7.85. The van der Waals surface area contributed by atoms with Crippen LogP contribution in [0.25, 0.3) is 17.0 Å². The molecular weight excluding hydrogens is 373 g/mol. The van der Waals surface area contributed by atoms with Gasteiger partial charge in [0.1, 0.15) is 23.4 Å². The highest BCUT2D eigenvalue weighted by atomic mass is 19.1. The van der Waals surface area contributed by atoms with Gasteiger partial charge in [0.25, 0.3) is 0 Å². The molecule has 3 N–H and O–H groups in total. The van der Waals surface area contributed by atoms with E-state index in [1.165, 1.54) is 0 Å². The number of rotatable bonds is 5. The van der Waals surface area contributed by atoms with Gasteiger partial charge in [0.05, 0.1) is 36.3 Å². The Morgan fingerprint density at radius 3 is 2.93 bits per heavy atom. The maximum atomic E-state index is 14.2. The summed E-state index contributed by atoms with van der Waals surface area (Å²) in [4.78, 5) is 9.12. The first kappa shape index (κ1) is 19.6. The normalized spacial score (nSPS) is 20.0. The highest BCUT2D eigenvalue weighted by Crippen LogP contribution is 2.32. The minimum Gasteiger partial charge on any atom is -0.496 e. The van der Waals surface area contributed by atoms with Crippen molar-refractivity contribution in [2.75, 3.05) is 25.5 Å². The van der Waals surface area contributed by atoms with Crippen molar-refractivity contribution >= 4 is 11.5 Å². The summed E-state index contributed by atoms with van der Waals surface area (Å²) in [5.74, 6) is 1.19. The van der Waals surface area contributed by atoms with Gasteiger partial charge in [0.15, 0.2) is 0 Å². The van der Waals surface area contributed by atoms with Crippen molar-refractivity contribution in [3.05, 3.63) is 42.2 Å². The van der Waals surface area contributed by atoms with E-state index in [0.29, 0.717) is 48.0 Å². The number of fused-ring (bicyclic) bond motifs is 1. The molecule has 1 saturated heterocycles. The van der Waals surface area contributed by atoms with Crippen molar-refractivity contribution in [1.82, 2.24) is 19.7 Å². The lowest BCUT2D eigenvalue weighted by molar-refractivity contribution is 0.0752. The van der Waals surface area contributed by atoms with Crippen molar-refractivity contribution in [1.29, 1.82) is 0 Å².